The number of fused-ring (bicyclic) bond motifs is 1. The molecule has 96 valence electrons. The Morgan fingerprint density at radius 2 is 1.89 bits per heavy atom. The van der Waals surface area contributed by atoms with Crippen LogP contribution < -0.4 is 0 Å². The molecule has 1 aromatic heterocycles. The second kappa shape index (κ2) is 4.15. The minimum Gasteiger partial charge on any atom is -0.348 e. The molecule has 0 fully saturated rings. The van der Waals surface area contributed by atoms with Gasteiger partial charge in [-0.3, -0.25) is 4.79 Å². The summed E-state index contributed by atoms with van der Waals surface area (Å²) in [5.74, 6) is -1.71. The van der Waals surface area contributed by atoms with Gasteiger partial charge in [0.25, 0.3) is 0 Å². The van der Waals surface area contributed by atoms with Crippen molar-refractivity contribution in [2.75, 3.05) is 0 Å². The molecular formula is C13H12F3NO. The van der Waals surface area contributed by atoms with Gasteiger partial charge in [0.1, 0.15) is 0 Å². The SMILES string of the molecule is Cc1c(CC(=O)C(F)(F)F)c2ccccc2n1C. The Balaban J connectivity index is 2.52. The van der Waals surface area contributed by atoms with Crippen molar-refractivity contribution in [3.05, 3.63) is 35.5 Å². The van der Waals surface area contributed by atoms with Crippen molar-refractivity contribution < 1.29 is 18.0 Å². The lowest BCUT2D eigenvalue weighted by atomic mass is 10.1. The first-order valence-corrected chi connectivity index (χ1v) is 5.45. The number of nitrogens with zero attached hydrogens (tertiary/aromatic N) is 1. The van der Waals surface area contributed by atoms with E-state index in [9.17, 15) is 18.0 Å². The molecule has 1 aromatic carbocycles. The van der Waals surface area contributed by atoms with E-state index in [0.717, 1.165) is 5.52 Å². The van der Waals surface area contributed by atoms with Crippen LogP contribution in [0.3, 0.4) is 0 Å². The number of aromatic nitrogens is 1. The Bertz CT molecular complexity index is 610. The van der Waals surface area contributed by atoms with E-state index in [1.54, 1.807) is 30.7 Å². The molecule has 5 heteroatoms. The van der Waals surface area contributed by atoms with E-state index in [1.807, 2.05) is 12.1 Å². The van der Waals surface area contributed by atoms with Crippen LogP contribution in [0.4, 0.5) is 13.2 Å². The van der Waals surface area contributed by atoms with E-state index < -0.39 is 18.4 Å². The lowest BCUT2D eigenvalue weighted by molar-refractivity contribution is -0.170. The van der Waals surface area contributed by atoms with Crippen LogP contribution in [0.1, 0.15) is 11.3 Å². The van der Waals surface area contributed by atoms with Gasteiger partial charge in [-0.15, -0.1) is 0 Å². The lowest BCUT2D eigenvalue weighted by Gasteiger charge is -2.05. The van der Waals surface area contributed by atoms with Gasteiger partial charge in [0, 0.05) is 30.1 Å². The van der Waals surface area contributed by atoms with Crippen molar-refractivity contribution in [2.45, 2.75) is 19.5 Å². The summed E-state index contributed by atoms with van der Waals surface area (Å²) < 4.78 is 38.8. The average Bonchev–Trinajstić information content (AvgIpc) is 2.54. The van der Waals surface area contributed by atoms with Gasteiger partial charge in [-0.1, -0.05) is 18.2 Å². The van der Waals surface area contributed by atoms with Crippen molar-refractivity contribution in [2.24, 2.45) is 7.05 Å². The standard InChI is InChI=1S/C13H12F3NO/c1-8-10(7-12(18)13(14,15)16)9-5-3-4-6-11(9)17(8)2/h3-6H,7H2,1-2H3. The van der Waals surface area contributed by atoms with Gasteiger partial charge in [-0.05, 0) is 18.6 Å². The Labute approximate surface area is 102 Å². The summed E-state index contributed by atoms with van der Waals surface area (Å²) in [7, 11) is 1.78. The van der Waals surface area contributed by atoms with E-state index >= 15 is 0 Å². The van der Waals surface area contributed by atoms with Crippen LogP contribution in [0.25, 0.3) is 10.9 Å². The van der Waals surface area contributed by atoms with Crippen LogP contribution in [0.5, 0.6) is 0 Å². The number of Topliss-reactive ketones (excluding diaryl/α,β-unsaturated/α-hetero) is 1. The second-order valence-electron chi connectivity index (χ2n) is 4.24. The number of carbonyl (C=O) groups is 1. The molecule has 0 atom stereocenters. The number of carbonyl (C=O) groups excluding carboxylic acids is 1. The van der Waals surface area contributed by atoms with Crippen LogP contribution >= 0.6 is 0 Å². The molecule has 0 bridgehead atoms. The Hall–Kier alpha value is -1.78. The van der Waals surface area contributed by atoms with Crippen molar-refractivity contribution in [1.29, 1.82) is 0 Å². The number of ketones is 1. The summed E-state index contributed by atoms with van der Waals surface area (Å²) in [5, 5.41) is 0.704. The molecule has 0 saturated carbocycles. The fourth-order valence-corrected chi connectivity index (χ4v) is 2.08. The van der Waals surface area contributed by atoms with Crippen LogP contribution in [-0.4, -0.2) is 16.5 Å². The van der Waals surface area contributed by atoms with Crippen molar-refractivity contribution in [3.63, 3.8) is 0 Å². The second-order valence-corrected chi connectivity index (χ2v) is 4.24. The maximum atomic E-state index is 12.3. The topological polar surface area (TPSA) is 22.0 Å². The zero-order valence-corrected chi connectivity index (χ0v) is 10.0. The lowest BCUT2D eigenvalue weighted by Crippen LogP contribution is -2.24. The molecule has 2 rings (SSSR count). The predicted molar refractivity (Wildman–Crippen MR) is 62.4 cm³/mol. The maximum Gasteiger partial charge on any atom is 0.450 e. The highest BCUT2D eigenvalue weighted by Gasteiger charge is 2.38. The quantitative estimate of drug-likeness (QED) is 0.808. The smallest absolute Gasteiger partial charge is 0.348 e. The van der Waals surface area contributed by atoms with Crippen molar-refractivity contribution in [1.82, 2.24) is 4.57 Å². The van der Waals surface area contributed by atoms with E-state index in [4.69, 9.17) is 0 Å². The molecule has 2 aromatic rings. The van der Waals surface area contributed by atoms with E-state index in [0.29, 0.717) is 16.6 Å². The van der Waals surface area contributed by atoms with E-state index in [1.165, 1.54) is 0 Å². The van der Waals surface area contributed by atoms with E-state index in [2.05, 4.69) is 0 Å². The van der Waals surface area contributed by atoms with Gasteiger partial charge >= 0.3 is 6.18 Å². The molecular weight excluding hydrogens is 243 g/mol. The molecule has 2 nitrogen and oxygen atoms in total. The molecule has 0 aliphatic heterocycles. The number of para-hydroxylation sites is 1. The van der Waals surface area contributed by atoms with Gasteiger partial charge in [0.05, 0.1) is 0 Å². The molecule has 0 saturated heterocycles. The Morgan fingerprint density at radius 3 is 2.50 bits per heavy atom. The molecule has 0 spiro atoms. The van der Waals surface area contributed by atoms with Crippen molar-refractivity contribution >= 4 is 16.7 Å². The highest BCUT2D eigenvalue weighted by Crippen LogP contribution is 2.27. The third kappa shape index (κ3) is 2.00. The summed E-state index contributed by atoms with van der Waals surface area (Å²) in [6, 6.07) is 7.13. The minimum absolute atomic E-state index is 0.454. The molecule has 0 radical (unpaired) electrons. The number of aryl methyl sites for hydroxylation is 1. The van der Waals surface area contributed by atoms with Gasteiger partial charge in [0.15, 0.2) is 0 Å². The molecule has 0 aliphatic carbocycles. The van der Waals surface area contributed by atoms with Gasteiger partial charge < -0.3 is 4.57 Å². The van der Waals surface area contributed by atoms with Gasteiger partial charge in [-0.25, -0.2) is 0 Å². The van der Waals surface area contributed by atoms with E-state index in [-0.39, 0.29) is 0 Å². The van der Waals surface area contributed by atoms with Gasteiger partial charge in [0.2, 0.25) is 5.78 Å². The first-order valence-electron chi connectivity index (χ1n) is 5.45. The fourth-order valence-electron chi connectivity index (χ4n) is 2.08. The summed E-state index contributed by atoms with van der Waals surface area (Å²) in [4.78, 5) is 11.1. The van der Waals surface area contributed by atoms with Gasteiger partial charge in [-0.2, -0.15) is 13.2 Å². The average molecular weight is 255 g/mol. The largest absolute Gasteiger partial charge is 0.450 e. The summed E-state index contributed by atoms with van der Waals surface area (Å²) in [5.41, 5.74) is 1.98. The normalized spacial score (nSPS) is 12.1. The number of hydrogen-bond donors (Lipinski definition) is 0. The predicted octanol–water partition coefficient (Wildman–Crippen LogP) is 3.16. The number of rotatable bonds is 2. The Kier molecular flexibility index (Phi) is 2.92. The van der Waals surface area contributed by atoms with Crippen molar-refractivity contribution in [3.8, 4) is 0 Å². The molecule has 0 aliphatic rings. The van der Waals surface area contributed by atoms with Crippen LogP contribution in [-0.2, 0) is 18.3 Å². The summed E-state index contributed by atoms with van der Waals surface area (Å²) >= 11 is 0. The monoisotopic (exact) mass is 255 g/mol. The van der Waals surface area contributed by atoms with Crippen LogP contribution in [0.2, 0.25) is 0 Å². The first-order chi connectivity index (χ1) is 8.32. The minimum atomic E-state index is -4.77. The van der Waals surface area contributed by atoms with Crippen LogP contribution in [0.15, 0.2) is 24.3 Å². The molecule has 18 heavy (non-hydrogen) atoms. The maximum absolute atomic E-state index is 12.3. The zero-order valence-electron chi connectivity index (χ0n) is 10.0. The molecule has 0 unspecified atom stereocenters. The number of benzene rings is 1. The summed E-state index contributed by atoms with van der Waals surface area (Å²) in [6.07, 6.45) is -5.37. The first kappa shape index (κ1) is 12.7. The summed E-state index contributed by atoms with van der Waals surface area (Å²) in [6.45, 7) is 1.72. The number of hydrogen-bond acceptors (Lipinski definition) is 1. The Morgan fingerprint density at radius 1 is 1.28 bits per heavy atom. The highest BCUT2D eigenvalue weighted by molar-refractivity contribution is 5.93. The number of alkyl halides is 3. The van der Waals surface area contributed by atoms with Crippen LogP contribution in [0, 0.1) is 6.92 Å². The zero-order chi connectivity index (χ0) is 13.5. The molecule has 1 heterocycles. The third-order valence-corrected chi connectivity index (χ3v) is 3.18. The fraction of sp³-hybridized carbons (Fsp3) is 0.308. The third-order valence-electron chi connectivity index (χ3n) is 3.18. The molecule has 0 amide bonds. The number of halogens is 3. The highest BCUT2D eigenvalue weighted by atomic mass is 19.4. The molecule has 0 N–H and O–H groups in total.